The average Bonchev–Trinajstić information content (AvgIpc) is 2.14. The van der Waals surface area contributed by atoms with Gasteiger partial charge >= 0.3 is 0 Å². The fourth-order valence-corrected chi connectivity index (χ4v) is 3.27. The number of likely N-dealkylation sites (tertiary alicyclic amines) is 1. The van der Waals surface area contributed by atoms with E-state index in [0.717, 1.165) is 18.4 Å². The van der Waals surface area contributed by atoms with Gasteiger partial charge in [-0.3, -0.25) is 4.90 Å². The van der Waals surface area contributed by atoms with Crippen LogP contribution in [0.4, 0.5) is 0 Å². The van der Waals surface area contributed by atoms with Crippen LogP contribution in [0, 0.1) is 11.8 Å². The number of hydrogen-bond donors (Lipinski definition) is 1. The lowest BCUT2D eigenvalue weighted by Gasteiger charge is -2.55. The predicted molar refractivity (Wildman–Crippen MR) is 60.2 cm³/mol. The molecule has 82 valence electrons. The molecule has 2 N–H and O–H groups in total. The standard InChI is InChI=1S/C12H24N2/c1-10-3-5-14(6-4-10)12(9-13)7-11(2)8-12/h10-11H,3-9,13H2,1-2H3. The van der Waals surface area contributed by atoms with E-state index in [-0.39, 0.29) is 0 Å². The Bertz CT molecular complexity index is 188. The first-order chi connectivity index (χ1) is 6.66. The summed E-state index contributed by atoms with van der Waals surface area (Å²) in [6, 6.07) is 0. The van der Waals surface area contributed by atoms with E-state index in [2.05, 4.69) is 18.7 Å². The molecule has 14 heavy (non-hydrogen) atoms. The first-order valence-corrected chi connectivity index (χ1v) is 6.11. The van der Waals surface area contributed by atoms with E-state index in [0.29, 0.717) is 5.54 Å². The van der Waals surface area contributed by atoms with Gasteiger partial charge in [0.2, 0.25) is 0 Å². The highest BCUT2D eigenvalue weighted by Crippen LogP contribution is 2.42. The number of nitrogens with zero attached hydrogens (tertiary/aromatic N) is 1. The van der Waals surface area contributed by atoms with Crippen molar-refractivity contribution >= 4 is 0 Å². The summed E-state index contributed by atoms with van der Waals surface area (Å²) in [6.07, 6.45) is 5.40. The van der Waals surface area contributed by atoms with Gasteiger partial charge in [-0.1, -0.05) is 13.8 Å². The molecule has 0 unspecified atom stereocenters. The molecule has 0 atom stereocenters. The van der Waals surface area contributed by atoms with Gasteiger partial charge in [0.15, 0.2) is 0 Å². The van der Waals surface area contributed by atoms with Gasteiger partial charge in [0, 0.05) is 12.1 Å². The molecule has 1 aliphatic heterocycles. The molecule has 0 aromatic heterocycles. The molecule has 1 heterocycles. The largest absolute Gasteiger partial charge is 0.329 e. The molecule has 0 aromatic carbocycles. The Morgan fingerprint density at radius 3 is 2.14 bits per heavy atom. The summed E-state index contributed by atoms with van der Waals surface area (Å²) in [4.78, 5) is 2.67. The molecule has 0 amide bonds. The lowest BCUT2D eigenvalue weighted by Crippen LogP contribution is -2.62. The first-order valence-electron chi connectivity index (χ1n) is 6.11. The van der Waals surface area contributed by atoms with Gasteiger partial charge in [-0.2, -0.15) is 0 Å². The van der Waals surface area contributed by atoms with Gasteiger partial charge in [-0.15, -0.1) is 0 Å². The zero-order valence-corrected chi connectivity index (χ0v) is 9.63. The number of nitrogens with two attached hydrogens (primary N) is 1. The molecule has 0 bridgehead atoms. The second kappa shape index (κ2) is 3.82. The van der Waals surface area contributed by atoms with Crippen molar-refractivity contribution in [3.05, 3.63) is 0 Å². The number of hydrogen-bond acceptors (Lipinski definition) is 2. The van der Waals surface area contributed by atoms with Crippen LogP contribution in [0.25, 0.3) is 0 Å². The first kappa shape index (κ1) is 10.4. The summed E-state index contributed by atoms with van der Waals surface area (Å²) in [5, 5.41) is 0. The highest BCUT2D eigenvalue weighted by atomic mass is 15.2. The molecule has 2 heteroatoms. The molecule has 2 rings (SSSR count). The van der Waals surface area contributed by atoms with Crippen LogP contribution in [-0.4, -0.2) is 30.1 Å². The molecule has 1 aliphatic carbocycles. The molecule has 2 fully saturated rings. The van der Waals surface area contributed by atoms with Crippen LogP contribution in [0.3, 0.4) is 0 Å². The highest BCUT2D eigenvalue weighted by molar-refractivity contribution is 5.02. The summed E-state index contributed by atoms with van der Waals surface area (Å²) in [7, 11) is 0. The van der Waals surface area contributed by atoms with E-state index in [4.69, 9.17) is 5.73 Å². The van der Waals surface area contributed by atoms with Crippen molar-refractivity contribution in [2.75, 3.05) is 19.6 Å². The van der Waals surface area contributed by atoms with Crippen molar-refractivity contribution in [2.24, 2.45) is 17.6 Å². The second-order valence-electron chi connectivity index (χ2n) is 5.61. The zero-order chi connectivity index (χ0) is 10.2. The summed E-state index contributed by atoms with van der Waals surface area (Å²) in [5.74, 6) is 1.83. The van der Waals surface area contributed by atoms with E-state index < -0.39 is 0 Å². The van der Waals surface area contributed by atoms with Crippen molar-refractivity contribution in [3.63, 3.8) is 0 Å². The Hall–Kier alpha value is -0.0800. The van der Waals surface area contributed by atoms with E-state index in [9.17, 15) is 0 Å². The maximum Gasteiger partial charge on any atom is 0.0336 e. The van der Waals surface area contributed by atoms with Gasteiger partial charge in [0.1, 0.15) is 0 Å². The van der Waals surface area contributed by atoms with Crippen LogP contribution in [0.1, 0.15) is 39.5 Å². The van der Waals surface area contributed by atoms with Crippen molar-refractivity contribution in [3.8, 4) is 0 Å². The monoisotopic (exact) mass is 196 g/mol. The minimum Gasteiger partial charge on any atom is -0.329 e. The van der Waals surface area contributed by atoms with Crippen molar-refractivity contribution in [1.82, 2.24) is 4.90 Å². The van der Waals surface area contributed by atoms with Gasteiger partial charge in [0.05, 0.1) is 0 Å². The van der Waals surface area contributed by atoms with Crippen molar-refractivity contribution < 1.29 is 0 Å². The minimum atomic E-state index is 0.402. The SMILES string of the molecule is CC1CCN(C2(CN)CC(C)C2)CC1. The summed E-state index contributed by atoms with van der Waals surface area (Å²) in [5.41, 5.74) is 6.36. The van der Waals surface area contributed by atoms with Crippen LogP contribution in [0.2, 0.25) is 0 Å². The molecule has 1 saturated heterocycles. The van der Waals surface area contributed by atoms with Crippen LogP contribution < -0.4 is 5.73 Å². The highest BCUT2D eigenvalue weighted by Gasteiger charge is 2.45. The minimum absolute atomic E-state index is 0.402. The Kier molecular flexibility index (Phi) is 2.85. The molecule has 2 aliphatic rings. The fraction of sp³-hybridized carbons (Fsp3) is 1.00. The Morgan fingerprint density at radius 2 is 1.71 bits per heavy atom. The fourth-order valence-electron chi connectivity index (χ4n) is 3.27. The quantitative estimate of drug-likeness (QED) is 0.730. The number of rotatable bonds is 2. The van der Waals surface area contributed by atoms with Gasteiger partial charge in [0.25, 0.3) is 0 Å². The summed E-state index contributed by atoms with van der Waals surface area (Å²) in [6.45, 7) is 8.15. The molecular weight excluding hydrogens is 172 g/mol. The molecule has 2 nitrogen and oxygen atoms in total. The maximum atomic E-state index is 5.95. The van der Waals surface area contributed by atoms with E-state index >= 15 is 0 Å². The average molecular weight is 196 g/mol. The Balaban J connectivity index is 1.93. The maximum absolute atomic E-state index is 5.95. The van der Waals surface area contributed by atoms with Gasteiger partial charge < -0.3 is 5.73 Å². The molecule has 0 radical (unpaired) electrons. The van der Waals surface area contributed by atoms with Crippen molar-refractivity contribution in [1.29, 1.82) is 0 Å². The van der Waals surface area contributed by atoms with Crippen molar-refractivity contribution in [2.45, 2.75) is 45.1 Å². The Labute approximate surface area is 87.8 Å². The third-order valence-electron chi connectivity index (χ3n) is 4.29. The lowest BCUT2D eigenvalue weighted by atomic mass is 9.67. The van der Waals surface area contributed by atoms with E-state index in [1.165, 1.54) is 38.8 Å². The third-order valence-corrected chi connectivity index (χ3v) is 4.29. The van der Waals surface area contributed by atoms with Crippen LogP contribution in [0.5, 0.6) is 0 Å². The van der Waals surface area contributed by atoms with E-state index in [1.807, 2.05) is 0 Å². The Morgan fingerprint density at radius 1 is 1.14 bits per heavy atom. The second-order valence-corrected chi connectivity index (χ2v) is 5.61. The van der Waals surface area contributed by atoms with Gasteiger partial charge in [-0.25, -0.2) is 0 Å². The molecule has 1 saturated carbocycles. The molecule has 0 spiro atoms. The van der Waals surface area contributed by atoms with Gasteiger partial charge in [-0.05, 0) is 50.6 Å². The zero-order valence-electron chi connectivity index (χ0n) is 9.63. The molecular formula is C12H24N2. The van der Waals surface area contributed by atoms with Crippen LogP contribution in [-0.2, 0) is 0 Å². The summed E-state index contributed by atoms with van der Waals surface area (Å²) < 4.78 is 0. The predicted octanol–water partition coefficient (Wildman–Crippen LogP) is 1.85. The molecule has 0 aromatic rings. The lowest BCUT2D eigenvalue weighted by molar-refractivity contribution is -0.0308. The smallest absolute Gasteiger partial charge is 0.0336 e. The summed E-state index contributed by atoms with van der Waals surface area (Å²) >= 11 is 0. The van der Waals surface area contributed by atoms with Crippen LogP contribution in [0.15, 0.2) is 0 Å². The topological polar surface area (TPSA) is 29.3 Å². The van der Waals surface area contributed by atoms with Crippen LogP contribution >= 0.6 is 0 Å². The normalized spacial score (nSPS) is 40.9. The van der Waals surface area contributed by atoms with E-state index in [1.54, 1.807) is 0 Å². The third kappa shape index (κ3) is 1.70. The number of piperidine rings is 1.